The first-order valence-electron chi connectivity index (χ1n) is 14.7. The first-order chi connectivity index (χ1) is 22.7. The first kappa shape index (κ1) is 35.4. The van der Waals surface area contributed by atoms with Crippen molar-refractivity contribution in [1.82, 2.24) is 0 Å². The predicted molar refractivity (Wildman–Crippen MR) is 162 cm³/mol. The molecule has 4 rings (SSSR count). The van der Waals surface area contributed by atoms with Gasteiger partial charge in [0.05, 0.1) is 17.1 Å². The van der Waals surface area contributed by atoms with E-state index in [2.05, 4.69) is 0 Å². The zero-order valence-corrected chi connectivity index (χ0v) is 26.9. The van der Waals surface area contributed by atoms with Crippen molar-refractivity contribution in [1.29, 1.82) is 0 Å². The SMILES string of the molecule is CC(=O)OC[C@H]1O[C@@H](Oc2c(OC(=O)c3ccccc3)c(=O)oc3cc(OC(C)C)ccc23)[C@H](OC(C)=O)[C@@H](OC(C)=O)[C@@H]1OC(C)=O. The fraction of sp³-hybridized carbons (Fsp3) is 0.394. The minimum atomic E-state index is -1.75. The highest BCUT2D eigenvalue weighted by Gasteiger charge is 2.53. The first-order valence-corrected chi connectivity index (χ1v) is 14.7. The van der Waals surface area contributed by atoms with Crippen LogP contribution in [0.15, 0.2) is 57.7 Å². The normalized spacial score (nSPS) is 20.4. The molecule has 0 saturated carbocycles. The molecule has 1 aliphatic heterocycles. The molecule has 0 N–H and O–H groups in total. The average Bonchev–Trinajstić information content (AvgIpc) is 3.00. The van der Waals surface area contributed by atoms with E-state index in [9.17, 15) is 28.8 Å². The minimum Gasteiger partial charge on any atom is -0.491 e. The molecule has 15 heteroatoms. The topological polar surface area (TPSA) is 189 Å². The number of carbonyl (C=O) groups excluding carboxylic acids is 5. The highest BCUT2D eigenvalue weighted by molar-refractivity contribution is 5.93. The largest absolute Gasteiger partial charge is 0.491 e. The van der Waals surface area contributed by atoms with Crippen LogP contribution in [0, 0.1) is 0 Å². The third-order valence-corrected chi connectivity index (χ3v) is 6.55. The molecule has 0 bridgehead atoms. The Hall–Kier alpha value is -5.44. The Kier molecular flexibility index (Phi) is 11.4. The van der Waals surface area contributed by atoms with E-state index in [1.165, 1.54) is 24.3 Å². The Morgan fingerprint density at radius 3 is 2.00 bits per heavy atom. The summed E-state index contributed by atoms with van der Waals surface area (Å²) in [5.41, 5.74) is -1.08. The fourth-order valence-corrected chi connectivity index (χ4v) is 4.81. The van der Waals surface area contributed by atoms with Gasteiger partial charge in [0, 0.05) is 33.8 Å². The van der Waals surface area contributed by atoms with E-state index >= 15 is 0 Å². The molecule has 0 unspecified atom stereocenters. The molecule has 256 valence electrons. The van der Waals surface area contributed by atoms with Gasteiger partial charge in [-0.15, -0.1) is 0 Å². The summed E-state index contributed by atoms with van der Waals surface area (Å²) in [5, 5.41) is 0.0921. The molecule has 2 aromatic carbocycles. The van der Waals surface area contributed by atoms with Crippen molar-refractivity contribution in [2.24, 2.45) is 0 Å². The van der Waals surface area contributed by atoms with Crippen molar-refractivity contribution < 1.29 is 66.3 Å². The molecule has 1 saturated heterocycles. The minimum absolute atomic E-state index is 0.0432. The van der Waals surface area contributed by atoms with E-state index in [4.69, 9.17) is 42.3 Å². The van der Waals surface area contributed by atoms with Gasteiger partial charge in [0.2, 0.25) is 12.4 Å². The lowest BCUT2D eigenvalue weighted by Crippen LogP contribution is -2.63. The van der Waals surface area contributed by atoms with E-state index in [0.29, 0.717) is 5.75 Å². The van der Waals surface area contributed by atoms with Gasteiger partial charge in [-0.05, 0) is 38.1 Å². The zero-order valence-electron chi connectivity index (χ0n) is 26.9. The average molecular weight is 671 g/mol. The third-order valence-electron chi connectivity index (χ3n) is 6.55. The molecule has 0 amide bonds. The van der Waals surface area contributed by atoms with Crippen molar-refractivity contribution in [2.75, 3.05) is 6.61 Å². The molecule has 0 spiro atoms. The molecule has 0 aliphatic carbocycles. The molecule has 1 aliphatic rings. The van der Waals surface area contributed by atoms with Crippen LogP contribution in [0.25, 0.3) is 11.0 Å². The van der Waals surface area contributed by atoms with Crippen LogP contribution in [-0.4, -0.2) is 73.3 Å². The van der Waals surface area contributed by atoms with Gasteiger partial charge in [-0.3, -0.25) is 19.2 Å². The quantitative estimate of drug-likeness (QED) is 0.164. The predicted octanol–water partition coefficient (Wildman–Crippen LogP) is 3.26. The maximum atomic E-state index is 13.4. The van der Waals surface area contributed by atoms with Crippen LogP contribution in [0.4, 0.5) is 0 Å². The van der Waals surface area contributed by atoms with E-state index in [-0.39, 0.29) is 28.4 Å². The molecule has 5 atom stereocenters. The number of hydrogen-bond acceptors (Lipinski definition) is 15. The summed E-state index contributed by atoms with van der Waals surface area (Å²) in [6.45, 7) is 7.40. The Morgan fingerprint density at radius 1 is 0.771 bits per heavy atom. The lowest BCUT2D eigenvalue weighted by Gasteiger charge is -2.44. The van der Waals surface area contributed by atoms with Gasteiger partial charge in [0.15, 0.2) is 18.0 Å². The number of ether oxygens (including phenoxy) is 8. The van der Waals surface area contributed by atoms with Crippen molar-refractivity contribution in [3.63, 3.8) is 0 Å². The second-order valence-corrected chi connectivity index (χ2v) is 10.8. The van der Waals surface area contributed by atoms with Crippen molar-refractivity contribution >= 4 is 40.8 Å². The summed E-state index contributed by atoms with van der Waals surface area (Å²) in [4.78, 5) is 74.9. The van der Waals surface area contributed by atoms with Crippen LogP contribution in [0.5, 0.6) is 17.2 Å². The highest BCUT2D eigenvalue weighted by atomic mass is 16.7. The summed E-state index contributed by atoms with van der Waals surface area (Å²) < 4.78 is 50.4. The molecule has 15 nitrogen and oxygen atoms in total. The second kappa shape index (κ2) is 15.4. The maximum Gasteiger partial charge on any atom is 0.383 e. The Bertz CT molecular complexity index is 1730. The van der Waals surface area contributed by atoms with Crippen molar-refractivity contribution in [3.8, 4) is 17.2 Å². The summed E-state index contributed by atoms with van der Waals surface area (Å²) in [5.74, 6) is -4.95. The third kappa shape index (κ3) is 8.88. The van der Waals surface area contributed by atoms with Crippen LogP contribution < -0.4 is 19.8 Å². The zero-order chi connectivity index (χ0) is 35.1. The second-order valence-electron chi connectivity index (χ2n) is 10.8. The Labute approximate surface area is 273 Å². The fourth-order valence-electron chi connectivity index (χ4n) is 4.81. The van der Waals surface area contributed by atoms with Crippen molar-refractivity contribution in [3.05, 3.63) is 64.5 Å². The highest BCUT2D eigenvalue weighted by Crippen LogP contribution is 2.39. The van der Waals surface area contributed by atoms with Gasteiger partial charge in [-0.2, -0.15) is 0 Å². The van der Waals surface area contributed by atoms with Gasteiger partial charge in [0.25, 0.3) is 5.75 Å². The molecule has 2 heterocycles. The number of carbonyl (C=O) groups is 5. The number of benzene rings is 2. The number of hydrogen-bond donors (Lipinski definition) is 0. The van der Waals surface area contributed by atoms with Crippen LogP contribution in [0.1, 0.15) is 51.9 Å². The lowest BCUT2D eigenvalue weighted by atomic mass is 9.98. The summed E-state index contributed by atoms with van der Waals surface area (Å²) >= 11 is 0. The molecule has 0 radical (unpaired) electrons. The van der Waals surface area contributed by atoms with E-state index in [1.807, 2.05) is 0 Å². The van der Waals surface area contributed by atoms with Gasteiger partial charge in [0.1, 0.15) is 24.0 Å². The Morgan fingerprint density at radius 2 is 1.40 bits per heavy atom. The van der Waals surface area contributed by atoms with Gasteiger partial charge in [-0.1, -0.05) is 18.2 Å². The van der Waals surface area contributed by atoms with Gasteiger partial charge < -0.3 is 42.3 Å². The summed E-state index contributed by atoms with van der Waals surface area (Å²) in [6.07, 6.45) is -8.01. The Balaban J connectivity index is 1.89. The molecule has 1 aromatic heterocycles. The summed E-state index contributed by atoms with van der Waals surface area (Å²) in [6, 6.07) is 12.2. The van der Waals surface area contributed by atoms with Crippen LogP contribution in [0.2, 0.25) is 0 Å². The van der Waals surface area contributed by atoms with Gasteiger partial charge in [-0.25, -0.2) is 9.59 Å². The monoisotopic (exact) mass is 670 g/mol. The smallest absolute Gasteiger partial charge is 0.383 e. The number of fused-ring (bicyclic) bond motifs is 1. The molecular weight excluding hydrogens is 636 g/mol. The molecular formula is C33H34O15. The summed E-state index contributed by atoms with van der Waals surface area (Å²) in [7, 11) is 0. The van der Waals surface area contributed by atoms with Crippen LogP contribution in [-0.2, 0) is 42.9 Å². The van der Waals surface area contributed by atoms with Crippen LogP contribution >= 0.6 is 0 Å². The standard InChI is InChI=1S/C33H34O15/c1-16(2)41-22-12-13-23-24(14-22)45-32(39)29(47-31(38)21-10-8-7-9-11-21)26(23)48-33-30(44-20(6)37)28(43-19(5)36)27(42-18(4)35)25(46-33)15-40-17(3)34/h7-14,16,25,27-28,30,33H,15H2,1-6H3/t25-,27-,28+,30-,33+/m1/s1. The maximum absolute atomic E-state index is 13.4. The molecule has 1 fully saturated rings. The van der Waals surface area contributed by atoms with Gasteiger partial charge >= 0.3 is 35.5 Å². The molecule has 48 heavy (non-hydrogen) atoms. The van der Waals surface area contributed by atoms with E-state index in [0.717, 1.165) is 27.7 Å². The lowest BCUT2D eigenvalue weighted by molar-refractivity contribution is -0.288. The number of rotatable bonds is 11. The van der Waals surface area contributed by atoms with Crippen LogP contribution in [0.3, 0.4) is 0 Å². The number of esters is 5. The van der Waals surface area contributed by atoms with Crippen molar-refractivity contribution in [2.45, 2.75) is 78.4 Å². The van der Waals surface area contributed by atoms with E-state index in [1.54, 1.807) is 38.1 Å². The van der Waals surface area contributed by atoms with E-state index < -0.39 is 78.5 Å². The molecule has 3 aromatic rings.